The third-order valence-corrected chi connectivity index (χ3v) is 4.05. The van der Waals surface area contributed by atoms with E-state index >= 15 is 0 Å². The fraction of sp³-hybridized carbons (Fsp3) is 0.412. The first-order valence-electron chi connectivity index (χ1n) is 7.87. The van der Waals surface area contributed by atoms with Crippen LogP contribution in [0.1, 0.15) is 23.2 Å². The number of ether oxygens (including phenoxy) is 1. The Hall–Kier alpha value is -2.18. The molecule has 2 N–H and O–H groups in total. The van der Waals surface area contributed by atoms with Crippen LogP contribution in [0.15, 0.2) is 30.3 Å². The molecule has 1 aliphatic heterocycles. The van der Waals surface area contributed by atoms with Crippen molar-refractivity contribution < 1.29 is 9.53 Å². The number of aromatic nitrogens is 2. The van der Waals surface area contributed by atoms with Gasteiger partial charge in [-0.25, -0.2) is 0 Å². The van der Waals surface area contributed by atoms with Gasteiger partial charge < -0.3 is 10.1 Å². The van der Waals surface area contributed by atoms with Crippen LogP contribution < -0.4 is 5.32 Å². The molecule has 0 unspecified atom stereocenters. The predicted molar refractivity (Wildman–Crippen MR) is 88.0 cm³/mol. The van der Waals surface area contributed by atoms with Gasteiger partial charge in [0.15, 0.2) is 5.82 Å². The van der Waals surface area contributed by atoms with Gasteiger partial charge in [-0.1, -0.05) is 30.3 Å². The SMILES string of the molecule is COCCC(=O)Nc1n[nH]c2c1CCN(Cc1ccccc1)C2. The number of hydrogen-bond acceptors (Lipinski definition) is 4. The Balaban J connectivity index is 1.61. The fourth-order valence-electron chi connectivity index (χ4n) is 2.84. The summed E-state index contributed by atoms with van der Waals surface area (Å²) in [4.78, 5) is 14.2. The van der Waals surface area contributed by atoms with Crippen molar-refractivity contribution in [2.24, 2.45) is 0 Å². The van der Waals surface area contributed by atoms with Crippen LogP contribution in [0.4, 0.5) is 5.82 Å². The second-order valence-electron chi connectivity index (χ2n) is 5.77. The highest BCUT2D eigenvalue weighted by Crippen LogP contribution is 2.24. The van der Waals surface area contributed by atoms with Gasteiger partial charge in [-0.2, -0.15) is 5.10 Å². The number of rotatable bonds is 6. The highest BCUT2D eigenvalue weighted by molar-refractivity contribution is 5.90. The van der Waals surface area contributed by atoms with E-state index in [1.807, 2.05) is 6.07 Å². The van der Waals surface area contributed by atoms with Crippen molar-refractivity contribution in [2.45, 2.75) is 25.9 Å². The Labute approximate surface area is 135 Å². The number of methoxy groups -OCH3 is 1. The highest BCUT2D eigenvalue weighted by Gasteiger charge is 2.22. The van der Waals surface area contributed by atoms with Crippen molar-refractivity contribution in [3.63, 3.8) is 0 Å². The number of carbonyl (C=O) groups is 1. The van der Waals surface area contributed by atoms with E-state index in [0.29, 0.717) is 18.8 Å². The molecule has 0 saturated carbocycles. The van der Waals surface area contributed by atoms with Crippen molar-refractivity contribution in [3.05, 3.63) is 47.2 Å². The van der Waals surface area contributed by atoms with Crippen molar-refractivity contribution in [1.82, 2.24) is 15.1 Å². The first kappa shape index (κ1) is 15.7. The van der Waals surface area contributed by atoms with Gasteiger partial charge in [0, 0.05) is 32.3 Å². The number of benzene rings is 1. The lowest BCUT2D eigenvalue weighted by atomic mass is 10.1. The van der Waals surface area contributed by atoms with E-state index in [-0.39, 0.29) is 5.91 Å². The quantitative estimate of drug-likeness (QED) is 0.855. The molecule has 122 valence electrons. The van der Waals surface area contributed by atoms with Gasteiger partial charge in [0.1, 0.15) is 0 Å². The number of anilines is 1. The number of nitrogens with zero attached hydrogens (tertiary/aromatic N) is 2. The van der Waals surface area contributed by atoms with Crippen LogP contribution in [-0.4, -0.2) is 41.3 Å². The third kappa shape index (κ3) is 3.97. The van der Waals surface area contributed by atoms with E-state index in [9.17, 15) is 4.79 Å². The summed E-state index contributed by atoms with van der Waals surface area (Å²) >= 11 is 0. The smallest absolute Gasteiger partial charge is 0.227 e. The molecule has 0 saturated heterocycles. The first-order chi connectivity index (χ1) is 11.3. The average molecular weight is 314 g/mol. The van der Waals surface area contributed by atoms with Crippen LogP contribution >= 0.6 is 0 Å². The Morgan fingerprint density at radius 3 is 3.00 bits per heavy atom. The Kier molecular flexibility index (Phi) is 5.05. The van der Waals surface area contributed by atoms with Gasteiger partial charge in [0.2, 0.25) is 5.91 Å². The zero-order chi connectivity index (χ0) is 16.1. The van der Waals surface area contributed by atoms with Gasteiger partial charge >= 0.3 is 0 Å². The lowest BCUT2D eigenvalue weighted by Gasteiger charge is -2.26. The van der Waals surface area contributed by atoms with Crippen LogP contribution in [0.3, 0.4) is 0 Å². The van der Waals surface area contributed by atoms with Crippen LogP contribution in [0, 0.1) is 0 Å². The van der Waals surface area contributed by atoms with Gasteiger partial charge in [-0.05, 0) is 12.0 Å². The average Bonchev–Trinajstić information content (AvgIpc) is 2.96. The molecule has 0 spiro atoms. The minimum Gasteiger partial charge on any atom is -0.384 e. The maximum absolute atomic E-state index is 11.8. The van der Waals surface area contributed by atoms with Crippen LogP contribution in [0.2, 0.25) is 0 Å². The minimum absolute atomic E-state index is 0.0622. The van der Waals surface area contributed by atoms with E-state index in [4.69, 9.17) is 4.74 Å². The zero-order valence-electron chi connectivity index (χ0n) is 13.3. The van der Waals surface area contributed by atoms with Gasteiger partial charge in [-0.15, -0.1) is 0 Å². The summed E-state index contributed by atoms with van der Waals surface area (Å²) in [6.07, 6.45) is 1.23. The molecule has 3 rings (SSSR count). The Morgan fingerprint density at radius 2 is 2.22 bits per heavy atom. The number of nitrogens with one attached hydrogen (secondary N) is 2. The molecular weight excluding hydrogens is 292 g/mol. The molecule has 0 fully saturated rings. The molecular formula is C17H22N4O2. The monoisotopic (exact) mass is 314 g/mol. The van der Waals surface area contributed by atoms with E-state index in [0.717, 1.165) is 37.3 Å². The van der Waals surface area contributed by atoms with E-state index < -0.39 is 0 Å². The number of fused-ring (bicyclic) bond motifs is 1. The molecule has 23 heavy (non-hydrogen) atoms. The molecule has 2 heterocycles. The van der Waals surface area contributed by atoms with Crippen molar-refractivity contribution in [1.29, 1.82) is 0 Å². The molecule has 1 aromatic heterocycles. The summed E-state index contributed by atoms with van der Waals surface area (Å²) in [6, 6.07) is 10.4. The van der Waals surface area contributed by atoms with Crippen LogP contribution in [0.25, 0.3) is 0 Å². The van der Waals surface area contributed by atoms with E-state index in [1.165, 1.54) is 5.56 Å². The molecule has 1 amide bonds. The molecule has 1 aromatic carbocycles. The van der Waals surface area contributed by atoms with Crippen molar-refractivity contribution in [3.8, 4) is 0 Å². The summed E-state index contributed by atoms with van der Waals surface area (Å²) < 4.78 is 4.92. The molecule has 0 aliphatic carbocycles. The normalized spacial score (nSPS) is 14.5. The number of carbonyl (C=O) groups excluding carboxylic acids is 1. The van der Waals surface area contributed by atoms with Gasteiger partial charge in [0.05, 0.1) is 18.7 Å². The second-order valence-corrected chi connectivity index (χ2v) is 5.77. The summed E-state index contributed by atoms with van der Waals surface area (Å²) in [5, 5.41) is 10.2. The first-order valence-corrected chi connectivity index (χ1v) is 7.87. The van der Waals surface area contributed by atoms with Crippen LogP contribution in [-0.2, 0) is 29.0 Å². The highest BCUT2D eigenvalue weighted by atomic mass is 16.5. The Morgan fingerprint density at radius 1 is 1.39 bits per heavy atom. The van der Waals surface area contributed by atoms with Gasteiger partial charge in [-0.3, -0.25) is 14.8 Å². The maximum Gasteiger partial charge on any atom is 0.227 e. The number of H-pyrrole nitrogens is 1. The molecule has 0 atom stereocenters. The predicted octanol–water partition coefficient (Wildman–Crippen LogP) is 1.94. The number of aromatic amines is 1. The van der Waals surface area contributed by atoms with E-state index in [2.05, 4.69) is 44.7 Å². The van der Waals surface area contributed by atoms with Crippen molar-refractivity contribution in [2.75, 3.05) is 25.6 Å². The standard InChI is InChI=1S/C17H22N4O2/c1-23-10-8-16(22)18-17-14-7-9-21(12-15(14)19-20-17)11-13-5-3-2-4-6-13/h2-6H,7-12H2,1H3,(H2,18,19,20,22). The minimum atomic E-state index is -0.0622. The molecule has 0 radical (unpaired) electrons. The van der Waals surface area contributed by atoms with Crippen LogP contribution in [0.5, 0.6) is 0 Å². The molecule has 0 bridgehead atoms. The molecule has 2 aromatic rings. The second kappa shape index (κ2) is 7.39. The van der Waals surface area contributed by atoms with Crippen molar-refractivity contribution >= 4 is 11.7 Å². The molecule has 6 heteroatoms. The summed E-state index contributed by atoms with van der Waals surface area (Å²) in [5.41, 5.74) is 3.53. The summed E-state index contributed by atoms with van der Waals surface area (Å²) in [7, 11) is 1.59. The lowest BCUT2D eigenvalue weighted by Crippen LogP contribution is -2.30. The largest absolute Gasteiger partial charge is 0.384 e. The molecule has 1 aliphatic rings. The zero-order valence-corrected chi connectivity index (χ0v) is 13.3. The van der Waals surface area contributed by atoms with Gasteiger partial charge in [0.25, 0.3) is 0 Å². The lowest BCUT2D eigenvalue weighted by molar-refractivity contribution is -0.117. The fourth-order valence-corrected chi connectivity index (χ4v) is 2.84. The topological polar surface area (TPSA) is 70.2 Å². The Bertz CT molecular complexity index is 654. The number of hydrogen-bond donors (Lipinski definition) is 2. The summed E-state index contributed by atoms with van der Waals surface area (Å²) in [5.74, 6) is 0.605. The third-order valence-electron chi connectivity index (χ3n) is 4.05. The van der Waals surface area contributed by atoms with E-state index in [1.54, 1.807) is 7.11 Å². The number of amides is 1. The maximum atomic E-state index is 11.8. The summed E-state index contributed by atoms with van der Waals surface area (Å²) in [6.45, 7) is 3.13. The molecule has 6 nitrogen and oxygen atoms in total.